The van der Waals surface area contributed by atoms with E-state index in [4.69, 9.17) is 4.74 Å². The predicted octanol–water partition coefficient (Wildman–Crippen LogP) is 3.63. The lowest BCUT2D eigenvalue weighted by Crippen LogP contribution is -2.85. The topological polar surface area (TPSA) is 63.2 Å². The quantitative estimate of drug-likeness (QED) is 0.185. The molecule has 2 aromatic rings. The number of methoxy groups -OCH3 is 1. The fourth-order valence-electron chi connectivity index (χ4n) is 2.70. The molecule has 29 heavy (non-hydrogen) atoms. The SMILES string of the molecule is COCC[NH2+]CC1=C[N+](=C(O)c2ccc(F)c(F)c2[N-]c2ccc(I)cc2F)[CH-]1. The van der Waals surface area contributed by atoms with Gasteiger partial charge in [-0.2, -0.15) is 0 Å². The van der Waals surface area contributed by atoms with E-state index in [2.05, 4.69) is 5.32 Å². The molecule has 3 rings (SSSR count). The third kappa shape index (κ3) is 5.03. The molecular formula is C20H19F3IN3O2. The fourth-order valence-corrected chi connectivity index (χ4v) is 3.16. The summed E-state index contributed by atoms with van der Waals surface area (Å²) in [5.74, 6) is -3.39. The Morgan fingerprint density at radius 2 is 2.00 bits per heavy atom. The second-order valence-corrected chi connectivity index (χ2v) is 7.55. The number of hydrogen-bond acceptors (Lipinski definition) is 1. The number of aliphatic hydroxyl groups excluding tert-OH is 1. The maximum atomic E-state index is 14.4. The van der Waals surface area contributed by atoms with Crippen molar-refractivity contribution >= 4 is 39.9 Å². The number of nitrogens with zero attached hydrogens (tertiary/aromatic N) is 2. The van der Waals surface area contributed by atoms with Crippen molar-refractivity contribution in [2.45, 2.75) is 0 Å². The second-order valence-electron chi connectivity index (χ2n) is 6.30. The molecule has 1 aliphatic heterocycles. The lowest BCUT2D eigenvalue weighted by molar-refractivity contribution is -0.652. The molecule has 0 aliphatic carbocycles. The van der Waals surface area contributed by atoms with Crippen molar-refractivity contribution in [1.82, 2.24) is 0 Å². The van der Waals surface area contributed by atoms with Crippen LogP contribution in [-0.2, 0) is 4.74 Å². The van der Waals surface area contributed by atoms with Crippen molar-refractivity contribution in [3.63, 3.8) is 0 Å². The van der Waals surface area contributed by atoms with Gasteiger partial charge in [0.25, 0.3) is 5.90 Å². The Morgan fingerprint density at radius 1 is 1.24 bits per heavy atom. The van der Waals surface area contributed by atoms with Crippen molar-refractivity contribution in [2.75, 3.05) is 26.8 Å². The normalized spacial score (nSPS) is 14.7. The minimum Gasteiger partial charge on any atom is -0.653 e. The maximum absolute atomic E-state index is 14.4. The molecule has 1 heterocycles. The first-order chi connectivity index (χ1) is 13.9. The lowest BCUT2D eigenvalue weighted by Gasteiger charge is -2.27. The van der Waals surface area contributed by atoms with Gasteiger partial charge >= 0.3 is 0 Å². The number of ether oxygens (including phenoxy) is 1. The number of halogens is 4. The van der Waals surface area contributed by atoms with Crippen LogP contribution in [-0.4, -0.2) is 42.4 Å². The van der Waals surface area contributed by atoms with Gasteiger partial charge in [0.15, 0.2) is 5.82 Å². The van der Waals surface area contributed by atoms with Gasteiger partial charge in [0, 0.05) is 21.8 Å². The summed E-state index contributed by atoms with van der Waals surface area (Å²) in [6.45, 7) is 3.79. The van der Waals surface area contributed by atoms with Gasteiger partial charge in [-0.15, -0.1) is 0 Å². The Kier molecular flexibility index (Phi) is 7.04. The van der Waals surface area contributed by atoms with E-state index in [0.717, 1.165) is 18.2 Å². The molecule has 0 spiro atoms. The third-order valence-corrected chi connectivity index (χ3v) is 4.88. The average Bonchev–Trinajstić information content (AvgIpc) is 2.65. The van der Waals surface area contributed by atoms with Gasteiger partial charge in [-0.1, -0.05) is 23.5 Å². The van der Waals surface area contributed by atoms with Crippen molar-refractivity contribution in [3.8, 4) is 0 Å². The summed E-state index contributed by atoms with van der Waals surface area (Å²) < 4.78 is 49.4. The zero-order valence-electron chi connectivity index (χ0n) is 15.5. The highest BCUT2D eigenvalue weighted by Crippen LogP contribution is 2.38. The number of hydrogen-bond donors (Lipinski definition) is 2. The van der Waals surface area contributed by atoms with Crippen molar-refractivity contribution in [3.05, 3.63) is 80.6 Å². The van der Waals surface area contributed by atoms with Gasteiger partial charge in [0.05, 0.1) is 19.7 Å². The molecule has 0 saturated carbocycles. The summed E-state index contributed by atoms with van der Waals surface area (Å²) in [7, 11) is 1.63. The van der Waals surface area contributed by atoms with Crippen molar-refractivity contribution in [2.24, 2.45) is 0 Å². The molecule has 0 radical (unpaired) electrons. The van der Waals surface area contributed by atoms with Crippen LogP contribution in [0.25, 0.3) is 5.32 Å². The molecule has 0 saturated heterocycles. The molecule has 1 aliphatic rings. The maximum Gasteiger partial charge on any atom is 0.295 e. The lowest BCUT2D eigenvalue weighted by atomic mass is 10.1. The standard InChI is InChI=1S/C20H18F3IN3O2/c1-29-7-6-25-9-12-10-27(11-12)20(28)14-3-4-15(21)18(23)19(14)26-17-5-2-13(24)8-16(17)22/h2-5,8,10-11,25,28H,6-7,9H2,1H3/q-1/p+1. The van der Waals surface area contributed by atoms with Crippen LogP contribution in [0.2, 0.25) is 0 Å². The van der Waals surface area contributed by atoms with Crippen LogP contribution in [0.1, 0.15) is 5.56 Å². The zero-order valence-corrected chi connectivity index (χ0v) is 17.7. The van der Waals surface area contributed by atoms with E-state index in [0.29, 0.717) is 16.7 Å². The molecule has 0 fully saturated rings. The zero-order chi connectivity index (χ0) is 21.0. The highest BCUT2D eigenvalue weighted by atomic mass is 127. The molecule has 0 atom stereocenters. The summed E-state index contributed by atoms with van der Waals surface area (Å²) in [5.41, 5.74) is 0.291. The van der Waals surface area contributed by atoms with Crippen molar-refractivity contribution in [1.29, 1.82) is 0 Å². The first kappa shape index (κ1) is 21.5. The van der Waals surface area contributed by atoms with Gasteiger partial charge in [0.2, 0.25) is 0 Å². The highest BCUT2D eigenvalue weighted by molar-refractivity contribution is 14.1. The molecule has 9 heteroatoms. The van der Waals surface area contributed by atoms with E-state index in [-0.39, 0.29) is 17.1 Å². The van der Waals surface area contributed by atoms with Crippen LogP contribution in [0.15, 0.2) is 42.1 Å². The van der Waals surface area contributed by atoms with E-state index in [1.54, 1.807) is 25.9 Å². The molecule has 2 aromatic carbocycles. The minimum absolute atomic E-state index is 0.0447. The Bertz CT molecular complexity index is 980. The Morgan fingerprint density at radius 3 is 2.69 bits per heavy atom. The summed E-state index contributed by atoms with van der Waals surface area (Å²) in [5, 5.41) is 16.5. The van der Waals surface area contributed by atoms with Crippen LogP contribution < -0.4 is 5.32 Å². The van der Waals surface area contributed by atoms with Crippen LogP contribution in [0.4, 0.5) is 24.5 Å². The van der Waals surface area contributed by atoms with Crippen LogP contribution in [0.5, 0.6) is 0 Å². The van der Waals surface area contributed by atoms with Crippen LogP contribution in [0, 0.1) is 27.6 Å². The number of benzene rings is 2. The van der Waals surface area contributed by atoms with E-state index in [9.17, 15) is 18.3 Å². The van der Waals surface area contributed by atoms with E-state index >= 15 is 0 Å². The van der Waals surface area contributed by atoms with Gasteiger partial charge < -0.3 is 20.5 Å². The van der Waals surface area contributed by atoms with E-state index < -0.39 is 23.1 Å². The molecule has 0 aromatic heterocycles. The van der Waals surface area contributed by atoms with E-state index in [1.807, 2.05) is 27.9 Å². The Labute approximate surface area is 180 Å². The van der Waals surface area contributed by atoms with Gasteiger partial charge in [-0.25, -0.2) is 13.2 Å². The van der Waals surface area contributed by atoms with Crippen molar-refractivity contribution < 1.29 is 32.9 Å². The molecule has 154 valence electrons. The fraction of sp³-hybridized carbons (Fsp3) is 0.200. The monoisotopic (exact) mass is 517 g/mol. The number of aliphatic hydroxyl groups is 1. The van der Waals surface area contributed by atoms with Crippen LogP contribution in [0.3, 0.4) is 0 Å². The summed E-state index contributed by atoms with van der Waals surface area (Å²) in [6.07, 6.45) is 1.68. The second kappa shape index (κ2) is 9.51. The largest absolute Gasteiger partial charge is 0.653 e. The molecule has 5 nitrogen and oxygen atoms in total. The summed E-state index contributed by atoms with van der Waals surface area (Å²) in [4.78, 5) is 0. The van der Waals surface area contributed by atoms with Crippen LogP contribution >= 0.6 is 22.6 Å². The Hall–Kier alpha value is -2.24. The van der Waals surface area contributed by atoms with Gasteiger partial charge in [-0.3, -0.25) is 4.58 Å². The average molecular weight is 517 g/mol. The summed E-state index contributed by atoms with van der Waals surface area (Å²) >= 11 is 1.93. The van der Waals surface area contributed by atoms with Gasteiger partial charge in [0.1, 0.15) is 24.4 Å². The van der Waals surface area contributed by atoms with E-state index in [1.165, 1.54) is 22.8 Å². The smallest absolute Gasteiger partial charge is 0.295 e. The first-order valence-electron chi connectivity index (χ1n) is 8.76. The molecule has 0 unspecified atom stereocenters. The number of quaternary nitrogens is 1. The Balaban J connectivity index is 1.86. The molecule has 0 amide bonds. The highest BCUT2D eigenvalue weighted by Gasteiger charge is 2.22. The predicted molar refractivity (Wildman–Crippen MR) is 111 cm³/mol. The number of nitrogens with two attached hydrogens (primary N) is 1. The van der Waals surface area contributed by atoms with Gasteiger partial charge in [-0.05, 0) is 40.8 Å². The summed E-state index contributed by atoms with van der Waals surface area (Å²) in [6, 6.07) is 6.31. The number of rotatable bonds is 8. The molecule has 3 N–H and O–H groups in total. The molecule has 0 bridgehead atoms. The first-order valence-corrected chi connectivity index (χ1v) is 9.84. The minimum atomic E-state index is -1.26. The molecular weight excluding hydrogens is 498 g/mol. The third-order valence-electron chi connectivity index (χ3n) is 4.21.